The fourth-order valence-corrected chi connectivity index (χ4v) is 3.01. The van der Waals surface area contributed by atoms with Crippen LogP contribution in [0.2, 0.25) is 0 Å². The van der Waals surface area contributed by atoms with Crippen molar-refractivity contribution in [3.8, 4) is 0 Å². The Hall–Kier alpha value is -1.14. The minimum atomic E-state index is -0.768. The lowest BCUT2D eigenvalue weighted by molar-refractivity contribution is -0.145. The van der Waals surface area contributed by atoms with Crippen molar-refractivity contribution < 1.29 is 9.90 Å². The maximum Gasteiger partial charge on any atom is 0.323 e. The number of carbonyl (C=O) groups is 1. The molecule has 0 aromatic carbocycles. The fraction of sp³-hybridized carbons (Fsp3) is 0.667. The van der Waals surface area contributed by atoms with E-state index in [4.69, 9.17) is 0 Å². The van der Waals surface area contributed by atoms with Crippen LogP contribution < -0.4 is 5.32 Å². The van der Waals surface area contributed by atoms with Gasteiger partial charge in [0, 0.05) is 24.2 Å². The van der Waals surface area contributed by atoms with E-state index in [0.717, 1.165) is 35.7 Å². The molecule has 1 heterocycles. The number of nitrogens with zero attached hydrogens (tertiary/aromatic N) is 2. The van der Waals surface area contributed by atoms with Crippen LogP contribution in [0.4, 0.5) is 0 Å². The molecule has 116 valence electrons. The van der Waals surface area contributed by atoms with Crippen LogP contribution >= 0.6 is 11.8 Å². The maximum absolute atomic E-state index is 11.6. The van der Waals surface area contributed by atoms with E-state index in [0.29, 0.717) is 18.9 Å². The highest BCUT2D eigenvalue weighted by molar-refractivity contribution is 7.99. The molecule has 0 spiro atoms. The minimum Gasteiger partial charge on any atom is -0.480 e. The Morgan fingerprint density at radius 1 is 1.48 bits per heavy atom. The number of carboxylic acids is 1. The summed E-state index contributed by atoms with van der Waals surface area (Å²) in [5, 5.41) is 13.6. The third-order valence-electron chi connectivity index (χ3n) is 3.81. The highest BCUT2D eigenvalue weighted by atomic mass is 32.2. The first-order chi connectivity index (χ1) is 10.1. The molecule has 5 nitrogen and oxygen atoms in total. The zero-order chi connectivity index (χ0) is 15.3. The van der Waals surface area contributed by atoms with Crippen LogP contribution in [0, 0.1) is 6.92 Å². The Kier molecular flexibility index (Phi) is 5.58. The first-order valence-electron chi connectivity index (χ1n) is 7.48. The van der Waals surface area contributed by atoms with Crippen LogP contribution in [0.3, 0.4) is 0 Å². The number of hydrogen-bond donors (Lipinski definition) is 2. The highest BCUT2D eigenvalue weighted by Gasteiger charge is 2.40. The van der Waals surface area contributed by atoms with E-state index in [-0.39, 0.29) is 0 Å². The lowest BCUT2D eigenvalue weighted by Crippen LogP contribution is -2.52. The molecular formula is C15H23N3O2S. The molecule has 1 aromatic heterocycles. The minimum absolute atomic E-state index is 0.397. The average molecular weight is 309 g/mol. The fourth-order valence-electron chi connectivity index (χ4n) is 2.28. The van der Waals surface area contributed by atoms with Gasteiger partial charge in [0.15, 0.2) is 5.16 Å². The molecule has 2 N–H and O–H groups in total. The van der Waals surface area contributed by atoms with Crippen molar-refractivity contribution in [1.82, 2.24) is 15.3 Å². The van der Waals surface area contributed by atoms with Crippen molar-refractivity contribution in [3.63, 3.8) is 0 Å². The quantitative estimate of drug-likeness (QED) is 0.415. The number of hydrogen-bond acceptors (Lipinski definition) is 5. The Morgan fingerprint density at radius 3 is 2.67 bits per heavy atom. The third-order valence-corrected chi connectivity index (χ3v) is 4.77. The molecule has 0 radical (unpaired) electrons. The summed E-state index contributed by atoms with van der Waals surface area (Å²) in [6.45, 7) is 3.90. The molecule has 1 saturated carbocycles. The van der Waals surface area contributed by atoms with Gasteiger partial charge in [-0.25, -0.2) is 9.97 Å². The van der Waals surface area contributed by atoms with Crippen LogP contribution in [-0.2, 0) is 4.79 Å². The summed E-state index contributed by atoms with van der Waals surface area (Å²) in [5.41, 5.74) is 0.277. The Morgan fingerprint density at radius 2 is 2.14 bits per heavy atom. The lowest BCUT2D eigenvalue weighted by atomic mass is 9.90. The number of rotatable bonds is 9. The summed E-state index contributed by atoms with van der Waals surface area (Å²) in [6.07, 6.45) is 7.90. The molecule has 1 fully saturated rings. The maximum atomic E-state index is 11.6. The first-order valence-corrected chi connectivity index (χ1v) is 8.47. The Labute approximate surface area is 130 Å². The van der Waals surface area contributed by atoms with Crippen molar-refractivity contribution in [3.05, 3.63) is 18.0 Å². The van der Waals surface area contributed by atoms with E-state index in [2.05, 4.69) is 15.3 Å². The number of aromatic nitrogens is 2. The van der Waals surface area contributed by atoms with Gasteiger partial charge in [0.05, 0.1) is 0 Å². The summed E-state index contributed by atoms with van der Waals surface area (Å²) in [5.74, 6) is 0.109. The van der Waals surface area contributed by atoms with Gasteiger partial charge in [0.1, 0.15) is 5.54 Å². The van der Waals surface area contributed by atoms with Gasteiger partial charge in [-0.05, 0) is 44.6 Å². The van der Waals surface area contributed by atoms with E-state index in [1.165, 1.54) is 0 Å². The van der Waals surface area contributed by atoms with Crippen LogP contribution in [0.5, 0.6) is 0 Å². The van der Waals surface area contributed by atoms with E-state index >= 15 is 0 Å². The number of carboxylic acid groups (broad SMARTS) is 1. The second-order valence-electron chi connectivity index (χ2n) is 5.65. The number of thioether (sulfide) groups is 1. The summed E-state index contributed by atoms with van der Waals surface area (Å²) >= 11 is 1.58. The van der Waals surface area contributed by atoms with Crippen LogP contribution in [0.1, 0.15) is 44.6 Å². The van der Waals surface area contributed by atoms with Gasteiger partial charge in [-0.1, -0.05) is 18.7 Å². The summed E-state index contributed by atoms with van der Waals surface area (Å²) in [4.78, 5) is 20.1. The normalized spacial score (nSPS) is 17.4. The van der Waals surface area contributed by atoms with Gasteiger partial charge in [0.2, 0.25) is 0 Å². The van der Waals surface area contributed by atoms with Crippen molar-refractivity contribution in [1.29, 1.82) is 0 Å². The molecule has 1 atom stereocenters. The predicted octanol–water partition coefficient (Wildman–Crippen LogP) is 2.64. The van der Waals surface area contributed by atoms with Crippen molar-refractivity contribution in [2.75, 3.05) is 5.75 Å². The predicted molar refractivity (Wildman–Crippen MR) is 83.5 cm³/mol. The lowest BCUT2D eigenvalue weighted by Gasteiger charge is -2.29. The summed E-state index contributed by atoms with van der Waals surface area (Å²) in [6, 6.07) is 0.397. The monoisotopic (exact) mass is 309 g/mol. The molecule has 1 unspecified atom stereocenters. The van der Waals surface area contributed by atoms with E-state index in [1.807, 2.05) is 13.8 Å². The third kappa shape index (κ3) is 4.68. The van der Waals surface area contributed by atoms with Crippen LogP contribution in [-0.4, -0.2) is 38.4 Å². The Bertz CT molecular complexity index is 476. The van der Waals surface area contributed by atoms with E-state index in [9.17, 15) is 9.90 Å². The molecule has 0 aliphatic heterocycles. The molecule has 1 aliphatic carbocycles. The van der Waals surface area contributed by atoms with Gasteiger partial charge in [0.25, 0.3) is 0 Å². The topological polar surface area (TPSA) is 75.1 Å². The van der Waals surface area contributed by atoms with Crippen molar-refractivity contribution in [2.24, 2.45) is 0 Å². The smallest absolute Gasteiger partial charge is 0.323 e. The molecule has 0 bridgehead atoms. The largest absolute Gasteiger partial charge is 0.480 e. The highest BCUT2D eigenvalue weighted by Crippen LogP contribution is 2.28. The molecular weight excluding hydrogens is 286 g/mol. The summed E-state index contributed by atoms with van der Waals surface area (Å²) in [7, 11) is 0. The molecule has 2 rings (SSSR count). The van der Waals surface area contributed by atoms with Crippen molar-refractivity contribution in [2.45, 2.75) is 62.7 Å². The number of aryl methyl sites for hydroxylation is 1. The van der Waals surface area contributed by atoms with Crippen LogP contribution in [0.25, 0.3) is 0 Å². The molecule has 21 heavy (non-hydrogen) atoms. The molecule has 0 amide bonds. The number of nitrogens with one attached hydrogen (secondary N) is 1. The van der Waals surface area contributed by atoms with Gasteiger partial charge >= 0.3 is 5.97 Å². The zero-order valence-corrected chi connectivity index (χ0v) is 13.4. The van der Waals surface area contributed by atoms with Gasteiger partial charge < -0.3 is 5.11 Å². The molecule has 6 heteroatoms. The second kappa shape index (κ2) is 7.22. The van der Waals surface area contributed by atoms with Gasteiger partial charge in [-0.2, -0.15) is 0 Å². The standard InChI is InChI=1S/C15H23N3O2S/c1-3-15(13(19)20,18-12-5-6-12)7-4-8-21-14-16-9-11(2)10-17-14/h9-10,12,18H,3-8H2,1-2H3,(H,19,20). The Balaban J connectivity index is 1.81. The summed E-state index contributed by atoms with van der Waals surface area (Å²) < 4.78 is 0. The number of aliphatic carboxylic acids is 1. The molecule has 0 saturated heterocycles. The van der Waals surface area contributed by atoms with Crippen LogP contribution in [0.15, 0.2) is 17.6 Å². The van der Waals surface area contributed by atoms with Gasteiger partial charge in [-0.3, -0.25) is 10.1 Å². The van der Waals surface area contributed by atoms with Gasteiger partial charge in [-0.15, -0.1) is 0 Å². The SMILES string of the molecule is CCC(CCCSc1ncc(C)cn1)(NC1CC1)C(=O)O. The van der Waals surface area contributed by atoms with E-state index in [1.54, 1.807) is 24.2 Å². The second-order valence-corrected chi connectivity index (χ2v) is 6.72. The molecule has 1 aromatic rings. The first kappa shape index (κ1) is 16.2. The van der Waals surface area contributed by atoms with E-state index < -0.39 is 11.5 Å². The molecule has 1 aliphatic rings. The van der Waals surface area contributed by atoms with Crippen molar-refractivity contribution >= 4 is 17.7 Å². The average Bonchev–Trinajstić information content (AvgIpc) is 3.27. The zero-order valence-electron chi connectivity index (χ0n) is 12.6.